The van der Waals surface area contributed by atoms with Crippen LogP contribution in [0.5, 0.6) is 0 Å². The molecule has 0 amide bonds. The van der Waals surface area contributed by atoms with Crippen LogP contribution < -0.4 is 5.43 Å². The molecule has 0 bridgehead atoms. The first-order valence-corrected chi connectivity index (χ1v) is 3.86. The van der Waals surface area contributed by atoms with Gasteiger partial charge in [0.05, 0.1) is 11.9 Å². The summed E-state index contributed by atoms with van der Waals surface area (Å²) in [5.41, 5.74) is 3.26. The average Bonchev–Trinajstić information content (AvgIpc) is 2.61. The maximum absolute atomic E-state index is 13.0. The van der Waals surface area contributed by atoms with Crippen molar-refractivity contribution in [3.8, 4) is 0 Å². The van der Waals surface area contributed by atoms with Gasteiger partial charge in [-0.1, -0.05) is 0 Å². The Balaban J connectivity index is 2.24. The van der Waals surface area contributed by atoms with E-state index in [1.807, 2.05) is 12.1 Å². The molecule has 2 aromatic heterocycles. The number of nitrogens with one attached hydrogen (secondary N) is 1. The van der Waals surface area contributed by atoms with Gasteiger partial charge in [0.25, 0.3) is 0 Å². The highest BCUT2D eigenvalue weighted by Crippen LogP contribution is 2.10. The summed E-state index contributed by atoms with van der Waals surface area (Å²) in [5.74, 6) is -0.365. The summed E-state index contributed by atoms with van der Waals surface area (Å²) in [6.45, 7) is 0. The zero-order chi connectivity index (χ0) is 9.10. The van der Waals surface area contributed by atoms with Gasteiger partial charge >= 0.3 is 0 Å². The van der Waals surface area contributed by atoms with E-state index < -0.39 is 0 Å². The molecule has 0 spiro atoms. The van der Waals surface area contributed by atoms with Gasteiger partial charge < -0.3 is 0 Å². The zero-order valence-corrected chi connectivity index (χ0v) is 6.81. The standard InChI is InChI=1S/C9H8FN3/c10-8-7-11-4-3-9(8)12-13-5-1-2-6-13/h1-7H,(H,11,12). The molecule has 0 radical (unpaired) electrons. The van der Waals surface area contributed by atoms with E-state index in [0.717, 1.165) is 0 Å². The highest BCUT2D eigenvalue weighted by molar-refractivity contribution is 5.42. The second-order valence-electron chi connectivity index (χ2n) is 2.56. The monoisotopic (exact) mass is 177 g/mol. The lowest BCUT2D eigenvalue weighted by atomic mass is 10.4. The third-order valence-electron chi connectivity index (χ3n) is 1.63. The van der Waals surface area contributed by atoms with E-state index >= 15 is 0 Å². The normalized spacial score (nSPS) is 9.92. The lowest BCUT2D eigenvalue weighted by molar-refractivity contribution is 0.622. The van der Waals surface area contributed by atoms with Crippen LogP contribution in [0.25, 0.3) is 0 Å². The molecular formula is C9H8FN3. The SMILES string of the molecule is Fc1cnccc1Nn1cccc1. The van der Waals surface area contributed by atoms with Crippen LogP contribution in [0.15, 0.2) is 43.0 Å². The summed E-state index contributed by atoms with van der Waals surface area (Å²) in [4.78, 5) is 3.65. The molecule has 0 aliphatic carbocycles. The van der Waals surface area contributed by atoms with E-state index in [-0.39, 0.29) is 5.82 Å². The fourth-order valence-corrected chi connectivity index (χ4v) is 1.01. The maximum Gasteiger partial charge on any atom is 0.166 e. The molecule has 2 rings (SSSR count). The van der Waals surface area contributed by atoms with E-state index in [2.05, 4.69) is 10.4 Å². The highest BCUT2D eigenvalue weighted by atomic mass is 19.1. The molecule has 4 heteroatoms. The Morgan fingerprint density at radius 1 is 1.31 bits per heavy atom. The van der Waals surface area contributed by atoms with Crippen molar-refractivity contribution in [1.29, 1.82) is 0 Å². The van der Waals surface area contributed by atoms with Crippen molar-refractivity contribution in [1.82, 2.24) is 9.66 Å². The smallest absolute Gasteiger partial charge is 0.166 e. The molecule has 3 nitrogen and oxygen atoms in total. The second kappa shape index (κ2) is 3.26. The third-order valence-corrected chi connectivity index (χ3v) is 1.63. The van der Waals surface area contributed by atoms with E-state index in [9.17, 15) is 4.39 Å². The van der Waals surface area contributed by atoms with Gasteiger partial charge in [0.15, 0.2) is 5.82 Å². The minimum Gasteiger partial charge on any atom is -0.292 e. The first-order valence-electron chi connectivity index (χ1n) is 3.86. The molecule has 1 N–H and O–H groups in total. The predicted octanol–water partition coefficient (Wildman–Crippen LogP) is 1.90. The Morgan fingerprint density at radius 3 is 2.77 bits per heavy atom. The predicted molar refractivity (Wildman–Crippen MR) is 47.6 cm³/mol. The van der Waals surface area contributed by atoms with E-state index in [1.165, 1.54) is 12.4 Å². The summed E-state index contributed by atoms with van der Waals surface area (Å²) >= 11 is 0. The van der Waals surface area contributed by atoms with Gasteiger partial charge in [-0.2, -0.15) is 0 Å². The lowest BCUT2D eigenvalue weighted by Gasteiger charge is -2.06. The van der Waals surface area contributed by atoms with Crippen molar-refractivity contribution >= 4 is 5.69 Å². The van der Waals surface area contributed by atoms with Crippen LogP contribution in [-0.2, 0) is 0 Å². The number of hydrogen-bond donors (Lipinski definition) is 1. The summed E-state index contributed by atoms with van der Waals surface area (Å²) in [5, 5.41) is 0. The fourth-order valence-electron chi connectivity index (χ4n) is 1.01. The van der Waals surface area contributed by atoms with Crippen molar-refractivity contribution in [3.05, 3.63) is 48.8 Å². The highest BCUT2D eigenvalue weighted by Gasteiger charge is 1.99. The number of nitrogens with zero attached hydrogens (tertiary/aromatic N) is 2. The molecule has 0 aliphatic heterocycles. The van der Waals surface area contributed by atoms with Crippen molar-refractivity contribution in [2.45, 2.75) is 0 Å². The Kier molecular flexibility index (Phi) is 1.96. The van der Waals surface area contributed by atoms with E-state index in [1.54, 1.807) is 23.1 Å². The average molecular weight is 177 g/mol. The van der Waals surface area contributed by atoms with E-state index in [0.29, 0.717) is 5.69 Å². The molecular weight excluding hydrogens is 169 g/mol. The molecule has 0 saturated carbocycles. The topological polar surface area (TPSA) is 29.9 Å². The number of anilines is 1. The molecule has 0 saturated heterocycles. The van der Waals surface area contributed by atoms with Crippen molar-refractivity contribution in [2.75, 3.05) is 5.43 Å². The van der Waals surface area contributed by atoms with Gasteiger partial charge in [-0.25, -0.2) is 4.39 Å². The third kappa shape index (κ3) is 1.66. The van der Waals surface area contributed by atoms with Crippen molar-refractivity contribution < 1.29 is 4.39 Å². The molecule has 0 atom stereocenters. The quantitative estimate of drug-likeness (QED) is 0.759. The molecule has 13 heavy (non-hydrogen) atoms. The molecule has 2 heterocycles. The molecule has 66 valence electrons. The summed E-state index contributed by atoms with van der Waals surface area (Å²) < 4.78 is 14.7. The molecule has 0 unspecified atom stereocenters. The van der Waals surface area contributed by atoms with Crippen molar-refractivity contribution in [3.63, 3.8) is 0 Å². The zero-order valence-electron chi connectivity index (χ0n) is 6.81. The summed E-state index contributed by atoms with van der Waals surface area (Å²) in [7, 11) is 0. The van der Waals surface area contributed by atoms with Gasteiger partial charge in [-0.3, -0.25) is 15.1 Å². The van der Waals surface area contributed by atoms with Crippen LogP contribution in [0.1, 0.15) is 0 Å². The van der Waals surface area contributed by atoms with Gasteiger partial charge in [0, 0.05) is 18.6 Å². The van der Waals surface area contributed by atoms with Crippen LogP contribution >= 0.6 is 0 Å². The van der Waals surface area contributed by atoms with Gasteiger partial charge in [-0.15, -0.1) is 0 Å². The minimum atomic E-state index is -0.365. The molecule has 0 fully saturated rings. The minimum absolute atomic E-state index is 0.365. The van der Waals surface area contributed by atoms with Crippen LogP contribution in [0.3, 0.4) is 0 Å². The summed E-state index contributed by atoms with van der Waals surface area (Å²) in [6.07, 6.45) is 6.29. The Hall–Kier alpha value is -1.84. The van der Waals surface area contributed by atoms with Crippen LogP contribution in [0, 0.1) is 5.82 Å². The number of rotatable bonds is 2. The molecule has 0 aliphatic rings. The fraction of sp³-hybridized carbons (Fsp3) is 0. The van der Waals surface area contributed by atoms with Crippen LogP contribution in [-0.4, -0.2) is 9.66 Å². The van der Waals surface area contributed by atoms with Crippen molar-refractivity contribution in [2.24, 2.45) is 0 Å². The Bertz CT molecular complexity index is 384. The van der Waals surface area contributed by atoms with Gasteiger partial charge in [0.1, 0.15) is 0 Å². The number of pyridine rings is 1. The molecule has 0 aromatic carbocycles. The Morgan fingerprint density at radius 2 is 2.08 bits per heavy atom. The number of hydrogen-bond acceptors (Lipinski definition) is 2. The second-order valence-corrected chi connectivity index (χ2v) is 2.56. The maximum atomic E-state index is 13.0. The number of halogens is 1. The number of aromatic nitrogens is 2. The van der Waals surface area contributed by atoms with Crippen LogP contribution in [0.2, 0.25) is 0 Å². The lowest BCUT2D eigenvalue weighted by Crippen LogP contribution is -2.07. The Labute approximate surface area is 74.8 Å². The first-order chi connectivity index (χ1) is 6.36. The van der Waals surface area contributed by atoms with Crippen LogP contribution in [0.4, 0.5) is 10.1 Å². The summed E-state index contributed by atoms with van der Waals surface area (Å²) in [6, 6.07) is 5.29. The van der Waals surface area contributed by atoms with E-state index in [4.69, 9.17) is 0 Å². The van der Waals surface area contributed by atoms with Gasteiger partial charge in [-0.05, 0) is 18.2 Å². The van der Waals surface area contributed by atoms with Gasteiger partial charge in [0.2, 0.25) is 0 Å². The molecule has 2 aromatic rings. The largest absolute Gasteiger partial charge is 0.292 e. The first kappa shape index (κ1) is 7.79.